The standard InChI is InChI=1S/C28H33N3O3/c1-19-26(30-28(34-19)21-12-14-23(33-2)15-13-21)18-31-16-6-9-22(17-31)27(32)29-25-11-5-8-20-7-3-4-10-24(20)25/h3-4,7,10,12-15,22,25H,5-6,8-9,11,16-18H2,1-2H3,(H,29,32). The first-order valence-corrected chi connectivity index (χ1v) is 12.3. The maximum atomic E-state index is 13.2. The van der Waals surface area contributed by atoms with Crippen LogP contribution in [0.3, 0.4) is 0 Å². The number of amides is 1. The molecule has 2 aliphatic rings. The zero-order valence-corrected chi connectivity index (χ0v) is 20.0. The van der Waals surface area contributed by atoms with E-state index in [9.17, 15) is 4.79 Å². The molecule has 1 amide bonds. The van der Waals surface area contributed by atoms with Gasteiger partial charge in [0.05, 0.1) is 24.8 Å². The molecule has 5 rings (SSSR count). The average molecular weight is 460 g/mol. The number of ether oxygens (including phenoxy) is 1. The van der Waals surface area contributed by atoms with E-state index in [0.717, 1.165) is 68.0 Å². The maximum absolute atomic E-state index is 13.2. The van der Waals surface area contributed by atoms with Crippen molar-refractivity contribution in [3.63, 3.8) is 0 Å². The molecule has 3 aromatic rings. The lowest BCUT2D eigenvalue weighted by Gasteiger charge is -2.33. The molecule has 34 heavy (non-hydrogen) atoms. The number of methoxy groups -OCH3 is 1. The van der Waals surface area contributed by atoms with E-state index in [0.29, 0.717) is 12.4 Å². The van der Waals surface area contributed by atoms with E-state index in [1.165, 1.54) is 11.1 Å². The molecule has 2 atom stereocenters. The van der Waals surface area contributed by atoms with Crippen LogP contribution in [-0.2, 0) is 17.8 Å². The lowest BCUT2D eigenvalue weighted by Crippen LogP contribution is -2.44. The highest BCUT2D eigenvalue weighted by molar-refractivity contribution is 5.79. The number of aromatic nitrogens is 1. The van der Waals surface area contributed by atoms with Crippen LogP contribution in [0.5, 0.6) is 5.75 Å². The van der Waals surface area contributed by atoms with Gasteiger partial charge in [0, 0.05) is 18.7 Å². The number of piperidine rings is 1. The van der Waals surface area contributed by atoms with Crippen molar-refractivity contribution in [3.8, 4) is 17.2 Å². The zero-order chi connectivity index (χ0) is 23.5. The molecular formula is C28H33N3O3. The third kappa shape index (κ3) is 4.87. The zero-order valence-electron chi connectivity index (χ0n) is 20.0. The molecule has 1 aliphatic heterocycles. The van der Waals surface area contributed by atoms with E-state index in [4.69, 9.17) is 14.1 Å². The van der Waals surface area contributed by atoms with Gasteiger partial charge >= 0.3 is 0 Å². The summed E-state index contributed by atoms with van der Waals surface area (Å²) in [5.74, 6) is 2.45. The van der Waals surface area contributed by atoms with E-state index in [1.54, 1.807) is 7.11 Å². The van der Waals surface area contributed by atoms with Crippen LogP contribution in [0.25, 0.3) is 11.5 Å². The Balaban J connectivity index is 1.22. The highest BCUT2D eigenvalue weighted by Gasteiger charge is 2.29. The first kappa shape index (κ1) is 22.7. The summed E-state index contributed by atoms with van der Waals surface area (Å²) in [6.07, 6.45) is 5.20. The minimum atomic E-state index is 0.0103. The minimum Gasteiger partial charge on any atom is -0.497 e. The Morgan fingerprint density at radius 2 is 1.97 bits per heavy atom. The number of fused-ring (bicyclic) bond motifs is 1. The number of carbonyl (C=O) groups is 1. The Morgan fingerprint density at radius 1 is 1.15 bits per heavy atom. The third-order valence-corrected chi connectivity index (χ3v) is 7.17. The number of benzene rings is 2. The van der Waals surface area contributed by atoms with E-state index in [1.807, 2.05) is 31.2 Å². The van der Waals surface area contributed by atoms with Crippen molar-refractivity contribution >= 4 is 5.91 Å². The largest absolute Gasteiger partial charge is 0.497 e. The van der Waals surface area contributed by atoms with Crippen molar-refractivity contribution in [1.82, 2.24) is 15.2 Å². The minimum absolute atomic E-state index is 0.0103. The van der Waals surface area contributed by atoms with Gasteiger partial charge in [0.2, 0.25) is 11.8 Å². The van der Waals surface area contributed by atoms with E-state index in [-0.39, 0.29) is 17.9 Å². The number of oxazole rings is 1. The summed E-state index contributed by atoms with van der Waals surface area (Å²) in [6, 6.07) is 16.4. The van der Waals surface area contributed by atoms with E-state index >= 15 is 0 Å². The Labute approximate surface area is 201 Å². The fourth-order valence-electron chi connectivity index (χ4n) is 5.25. The van der Waals surface area contributed by atoms with Crippen molar-refractivity contribution in [3.05, 3.63) is 71.1 Å². The number of nitrogens with zero attached hydrogens (tertiary/aromatic N) is 2. The molecule has 0 bridgehead atoms. The smallest absolute Gasteiger partial charge is 0.226 e. The average Bonchev–Trinajstić information content (AvgIpc) is 3.24. The Hall–Kier alpha value is -3.12. The highest BCUT2D eigenvalue weighted by atomic mass is 16.5. The van der Waals surface area contributed by atoms with Crippen LogP contribution in [0, 0.1) is 12.8 Å². The van der Waals surface area contributed by atoms with E-state index < -0.39 is 0 Å². The van der Waals surface area contributed by atoms with Crippen LogP contribution in [0.2, 0.25) is 0 Å². The van der Waals surface area contributed by atoms with Gasteiger partial charge in [-0.3, -0.25) is 9.69 Å². The van der Waals surface area contributed by atoms with Gasteiger partial charge in [0.1, 0.15) is 11.5 Å². The van der Waals surface area contributed by atoms with Crippen LogP contribution in [0.15, 0.2) is 52.9 Å². The molecule has 1 aromatic heterocycles. The summed E-state index contributed by atoms with van der Waals surface area (Å²) in [7, 11) is 1.66. The lowest BCUT2D eigenvalue weighted by molar-refractivity contribution is -0.127. The number of carbonyl (C=O) groups excluding carboxylic acids is 1. The van der Waals surface area contributed by atoms with E-state index in [2.05, 4.69) is 34.5 Å². The van der Waals surface area contributed by atoms with Crippen LogP contribution in [-0.4, -0.2) is 36.0 Å². The summed E-state index contributed by atoms with van der Waals surface area (Å²) in [5, 5.41) is 3.37. The van der Waals surface area contributed by atoms with Gasteiger partial charge in [-0.2, -0.15) is 0 Å². The molecule has 1 N–H and O–H groups in total. The van der Waals surface area contributed by atoms with Gasteiger partial charge in [-0.05, 0) is 81.0 Å². The molecule has 0 spiro atoms. The molecule has 6 nitrogen and oxygen atoms in total. The predicted octanol–water partition coefficient (Wildman–Crippen LogP) is 5.06. The van der Waals surface area contributed by atoms with Gasteiger partial charge in [-0.15, -0.1) is 0 Å². The van der Waals surface area contributed by atoms with Crippen molar-refractivity contribution in [2.45, 2.75) is 51.6 Å². The summed E-state index contributed by atoms with van der Waals surface area (Å²) in [6.45, 7) is 4.39. The number of nitrogens with one attached hydrogen (secondary N) is 1. The SMILES string of the molecule is COc1ccc(-c2nc(CN3CCCC(C(=O)NC4CCCc5ccccc54)C3)c(C)o2)cc1. The van der Waals surface area contributed by atoms with Crippen molar-refractivity contribution in [2.24, 2.45) is 5.92 Å². The van der Waals surface area contributed by atoms with Crippen molar-refractivity contribution < 1.29 is 13.9 Å². The summed E-state index contributed by atoms with van der Waals surface area (Å²) < 4.78 is 11.2. The third-order valence-electron chi connectivity index (χ3n) is 7.17. The van der Waals surface area contributed by atoms with Gasteiger partial charge < -0.3 is 14.5 Å². The summed E-state index contributed by atoms with van der Waals surface area (Å²) >= 11 is 0. The summed E-state index contributed by atoms with van der Waals surface area (Å²) in [4.78, 5) is 20.3. The fourth-order valence-corrected chi connectivity index (χ4v) is 5.25. The van der Waals surface area contributed by atoms with Gasteiger partial charge in [-0.25, -0.2) is 4.98 Å². The number of hydrogen-bond donors (Lipinski definition) is 1. The number of rotatable bonds is 6. The normalized spacial score (nSPS) is 20.5. The van der Waals surface area contributed by atoms with Gasteiger partial charge in [0.25, 0.3) is 0 Å². The quantitative estimate of drug-likeness (QED) is 0.558. The molecule has 2 aromatic carbocycles. The van der Waals surface area contributed by atoms with Crippen molar-refractivity contribution in [1.29, 1.82) is 0 Å². The predicted molar refractivity (Wildman–Crippen MR) is 131 cm³/mol. The number of hydrogen-bond acceptors (Lipinski definition) is 5. The number of likely N-dealkylation sites (tertiary alicyclic amines) is 1. The topological polar surface area (TPSA) is 67.6 Å². The monoisotopic (exact) mass is 459 g/mol. The fraction of sp³-hybridized carbons (Fsp3) is 0.429. The molecule has 6 heteroatoms. The molecular weight excluding hydrogens is 426 g/mol. The van der Waals surface area contributed by atoms with Gasteiger partial charge in [-0.1, -0.05) is 24.3 Å². The molecule has 1 aliphatic carbocycles. The molecule has 2 heterocycles. The first-order chi connectivity index (χ1) is 16.6. The van der Waals surface area contributed by atoms with Crippen molar-refractivity contribution in [2.75, 3.05) is 20.2 Å². The Morgan fingerprint density at radius 3 is 2.79 bits per heavy atom. The van der Waals surface area contributed by atoms with Crippen LogP contribution >= 0.6 is 0 Å². The van der Waals surface area contributed by atoms with Gasteiger partial charge in [0.15, 0.2) is 0 Å². The highest BCUT2D eigenvalue weighted by Crippen LogP contribution is 2.31. The first-order valence-electron chi connectivity index (χ1n) is 12.3. The molecule has 2 unspecified atom stereocenters. The molecule has 0 saturated carbocycles. The number of aryl methyl sites for hydroxylation is 2. The second-order valence-electron chi connectivity index (χ2n) is 9.48. The molecule has 178 valence electrons. The lowest BCUT2D eigenvalue weighted by atomic mass is 9.87. The maximum Gasteiger partial charge on any atom is 0.226 e. The van der Waals surface area contributed by atoms with Crippen LogP contribution < -0.4 is 10.1 Å². The van der Waals surface area contributed by atoms with Crippen LogP contribution in [0.1, 0.15) is 54.3 Å². The second kappa shape index (κ2) is 10.0. The summed E-state index contributed by atoms with van der Waals surface area (Å²) in [5.41, 5.74) is 4.53. The molecule has 1 fully saturated rings. The van der Waals surface area contributed by atoms with Crippen LogP contribution in [0.4, 0.5) is 0 Å². The molecule has 1 saturated heterocycles. The Bertz CT molecular complexity index is 1140. The Kier molecular flexibility index (Phi) is 6.68. The molecule has 0 radical (unpaired) electrons. The second-order valence-corrected chi connectivity index (χ2v) is 9.48.